The van der Waals surface area contributed by atoms with Crippen LogP contribution >= 0.6 is 11.6 Å². The van der Waals surface area contributed by atoms with E-state index in [2.05, 4.69) is 9.97 Å². The minimum absolute atomic E-state index is 0.233. The molecule has 6 nitrogen and oxygen atoms in total. The SMILES string of the molecule is CN1C(=O)c2cnc(-c3ccccc3)nc2N(C(=O)CCl)c2ccccc21. The third-order valence-electron chi connectivity index (χ3n) is 4.40. The van der Waals surface area contributed by atoms with Gasteiger partial charge in [-0.1, -0.05) is 42.5 Å². The summed E-state index contributed by atoms with van der Waals surface area (Å²) in [4.78, 5) is 37.5. The van der Waals surface area contributed by atoms with Crippen LogP contribution in [0.3, 0.4) is 0 Å². The Hall–Kier alpha value is -3.25. The van der Waals surface area contributed by atoms with Crippen molar-refractivity contribution >= 4 is 40.6 Å². The van der Waals surface area contributed by atoms with E-state index >= 15 is 0 Å². The maximum atomic E-state index is 13.0. The largest absolute Gasteiger partial charge is 0.309 e. The zero-order valence-electron chi connectivity index (χ0n) is 14.5. The molecular weight excluding hydrogens is 364 g/mol. The summed E-state index contributed by atoms with van der Waals surface area (Å²) >= 11 is 5.87. The minimum atomic E-state index is -0.369. The number of halogens is 1. The van der Waals surface area contributed by atoms with Gasteiger partial charge in [0.2, 0.25) is 5.91 Å². The highest BCUT2D eigenvalue weighted by Crippen LogP contribution is 2.39. The maximum Gasteiger partial charge on any atom is 0.263 e. The predicted molar refractivity (Wildman–Crippen MR) is 105 cm³/mol. The Labute approximate surface area is 161 Å². The summed E-state index contributed by atoms with van der Waals surface area (Å²) in [5.74, 6) is -0.239. The molecule has 3 aromatic rings. The number of aromatic nitrogens is 2. The molecule has 7 heteroatoms. The van der Waals surface area contributed by atoms with E-state index in [9.17, 15) is 9.59 Å². The van der Waals surface area contributed by atoms with E-state index in [4.69, 9.17) is 11.6 Å². The summed E-state index contributed by atoms with van der Waals surface area (Å²) in [5.41, 5.74) is 2.18. The van der Waals surface area contributed by atoms with Crippen molar-refractivity contribution in [3.05, 3.63) is 66.4 Å². The summed E-state index contributed by atoms with van der Waals surface area (Å²) in [7, 11) is 1.66. The van der Waals surface area contributed by atoms with Gasteiger partial charge in [-0.2, -0.15) is 0 Å². The fourth-order valence-electron chi connectivity index (χ4n) is 3.07. The molecular formula is C20H15ClN4O2. The molecule has 134 valence electrons. The lowest BCUT2D eigenvalue weighted by molar-refractivity contribution is -0.115. The Balaban J connectivity index is 1.99. The molecule has 0 unspecified atom stereocenters. The molecule has 0 bridgehead atoms. The van der Waals surface area contributed by atoms with Crippen LogP contribution in [0.2, 0.25) is 0 Å². The molecule has 2 aromatic carbocycles. The van der Waals surface area contributed by atoms with Crippen LogP contribution in [0.25, 0.3) is 11.4 Å². The highest BCUT2D eigenvalue weighted by molar-refractivity contribution is 6.31. The number of carbonyl (C=O) groups is 2. The molecule has 0 N–H and O–H groups in total. The first-order valence-electron chi connectivity index (χ1n) is 8.30. The van der Waals surface area contributed by atoms with Crippen LogP contribution < -0.4 is 9.80 Å². The predicted octanol–water partition coefficient (Wildman–Crippen LogP) is 3.64. The van der Waals surface area contributed by atoms with Gasteiger partial charge in [0.15, 0.2) is 11.6 Å². The normalized spacial score (nSPS) is 13.0. The number of rotatable bonds is 2. The summed E-state index contributed by atoms with van der Waals surface area (Å²) in [6, 6.07) is 16.5. The van der Waals surface area contributed by atoms with Crippen LogP contribution in [0.1, 0.15) is 10.4 Å². The van der Waals surface area contributed by atoms with Gasteiger partial charge in [0, 0.05) is 18.8 Å². The molecule has 1 aliphatic heterocycles. The molecule has 2 amide bonds. The van der Waals surface area contributed by atoms with Crippen LogP contribution in [0, 0.1) is 0 Å². The number of alkyl halides is 1. The van der Waals surface area contributed by atoms with Gasteiger partial charge in [0.25, 0.3) is 5.91 Å². The monoisotopic (exact) mass is 378 g/mol. The van der Waals surface area contributed by atoms with E-state index in [0.717, 1.165) is 5.56 Å². The van der Waals surface area contributed by atoms with Crippen LogP contribution in [0.4, 0.5) is 17.2 Å². The fraction of sp³-hybridized carbons (Fsp3) is 0.100. The van der Waals surface area contributed by atoms with Crippen molar-refractivity contribution in [1.29, 1.82) is 0 Å². The number of hydrogen-bond acceptors (Lipinski definition) is 4. The van der Waals surface area contributed by atoms with E-state index in [-0.39, 0.29) is 29.1 Å². The molecule has 0 aliphatic carbocycles. The summed E-state index contributed by atoms with van der Waals surface area (Å²) in [6.07, 6.45) is 1.46. The second kappa shape index (κ2) is 6.81. The van der Waals surface area contributed by atoms with Crippen molar-refractivity contribution in [2.45, 2.75) is 0 Å². The Bertz CT molecular complexity index is 1040. The second-order valence-electron chi connectivity index (χ2n) is 6.01. The number of benzene rings is 2. The van der Waals surface area contributed by atoms with E-state index < -0.39 is 0 Å². The number of nitrogens with zero attached hydrogens (tertiary/aromatic N) is 4. The van der Waals surface area contributed by atoms with Gasteiger partial charge in [-0.15, -0.1) is 11.6 Å². The topological polar surface area (TPSA) is 66.4 Å². The summed E-state index contributed by atoms with van der Waals surface area (Å²) < 4.78 is 0. The van der Waals surface area contributed by atoms with Crippen LogP contribution in [0.15, 0.2) is 60.8 Å². The smallest absolute Gasteiger partial charge is 0.263 e. The molecule has 0 saturated heterocycles. The van der Waals surface area contributed by atoms with Crippen molar-refractivity contribution in [3.8, 4) is 11.4 Å². The standard InChI is InChI=1S/C20H15ClN4O2/c1-24-15-9-5-6-10-16(15)25(17(26)11-21)19-14(20(24)27)12-22-18(23-19)13-7-3-2-4-8-13/h2-10,12H,11H2,1H3. The first-order chi connectivity index (χ1) is 13.1. The molecule has 27 heavy (non-hydrogen) atoms. The van der Waals surface area contributed by atoms with Gasteiger partial charge in [0.1, 0.15) is 11.4 Å². The number of para-hydroxylation sites is 2. The van der Waals surface area contributed by atoms with Gasteiger partial charge >= 0.3 is 0 Å². The van der Waals surface area contributed by atoms with E-state index in [1.807, 2.05) is 36.4 Å². The molecule has 0 fully saturated rings. The number of carbonyl (C=O) groups excluding carboxylic acids is 2. The molecule has 1 aromatic heterocycles. The number of amides is 2. The Morgan fingerprint density at radius 2 is 1.70 bits per heavy atom. The lowest BCUT2D eigenvalue weighted by Crippen LogP contribution is -2.28. The third-order valence-corrected chi connectivity index (χ3v) is 4.62. The number of hydrogen-bond donors (Lipinski definition) is 0. The number of fused-ring (bicyclic) bond motifs is 2. The average molecular weight is 379 g/mol. The first-order valence-corrected chi connectivity index (χ1v) is 8.83. The molecule has 0 radical (unpaired) electrons. The summed E-state index contributed by atoms with van der Waals surface area (Å²) in [6.45, 7) is 0. The minimum Gasteiger partial charge on any atom is -0.309 e. The van der Waals surface area contributed by atoms with E-state index in [1.165, 1.54) is 16.0 Å². The van der Waals surface area contributed by atoms with Gasteiger partial charge in [0.05, 0.1) is 11.4 Å². The Morgan fingerprint density at radius 1 is 1.04 bits per heavy atom. The van der Waals surface area contributed by atoms with Gasteiger partial charge in [-0.05, 0) is 12.1 Å². The average Bonchev–Trinajstić information content (AvgIpc) is 2.82. The van der Waals surface area contributed by atoms with Crippen molar-refractivity contribution < 1.29 is 9.59 Å². The maximum absolute atomic E-state index is 13.0. The van der Waals surface area contributed by atoms with Crippen LogP contribution in [-0.4, -0.2) is 34.7 Å². The molecule has 0 spiro atoms. The van der Waals surface area contributed by atoms with Crippen molar-refractivity contribution in [2.75, 3.05) is 22.7 Å². The van der Waals surface area contributed by atoms with Gasteiger partial charge in [-0.25, -0.2) is 9.97 Å². The molecule has 0 atom stereocenters. The zero-order chi connectivity index (χ0) is 19.0. The van der Waals surface area contributed by atoms with Crippen molar-refractivity contribution in [2.24, 2.45) is 0 Å². The highest BCUT2D eigenvalue weighted by Gasteiger charge is 2.33. The lowest BCUT2D eigenvalue weighted by Gasteiger charge is -2.23. The quantitative estimate of drug-likeness (QED) is 0.638. The van der Waals surface area contributed by atoms with Crippen molar-refractivity contribution in [1.82, 2.24) is 9.97 Å². The van der Waals surface area contributed by atoms with E-state index in [0.29, 0.717) is 17.2 Å². The first kappa shape index (κ1) is 17.2. The molecule has 2 heterocycles. The van der Waals surface area contributed by atoms with Crippen molar-refractivity contribution in [3.63, 3.8) is 0 Å². The lowest BCUT2D eigenvalue weighted by atomic mass is 10.2. The molecule has 1 aliphatic rings. The van der Waals surface area contributed by atoms with Crippen LogP contribution in [0.5, 0.6) is 0 Å². The summed E-state index contributed by atoms with van der Waals surface area (Å²) in [5, 5.41) is 0. The van der Waals surface area contributed by atoms with Gasteiger partial charge in [-0.3, -0.25) is 14.5 Å². The molecule has 4 rings (SSSR count). The van der Waals surface area contributed by atoms with Crippen LogP contribution in [-0.2, 0) is 4.79 Å². The molecule has 0 saturated carbocycles. The Kier molecular flexibility index (Phi) is 4.33. The fourth-order valence-corrected chi connectivity index (χ4v) is 3.19. The zero-order valence-corrected chi connectivity index (χ0v) is 15.2. The highest BCUT2D eigenvalue weighted by atomic mass is 35.5. The number of anilines is 3. The third kappa shape index (κ3) is 2.84. The Morgan fingerprint density at radius 3 is 2.41 bits per heavy atom. The van der Waals surface area contributed by atoms with Gasteiger partial charge < -0.3 is 4.90 Å². The van der Waals surface area contributed by atoms with E-state index in [1.54, 1.807) is 25.2 Å². The second-order valence-corrected chi connectivity index (χ2v) is 6.28.